The molecule has 1 amide bonds. The van der Waals surface area contributed by atoms with Gasteiger partial charge in [0, 0.05) is 18.3 Å². The Labute approximate surface area is 160 Å². The summed E-state index contributed by atoms with van der Waals surface area (Å²) in [5.74, 6) is 0.237. The third-order valence-corrected chi connectivity index (χ3v) is 5.03. The summed E-state index contributed by atoms with van der Waals surface area (Å²) in [4.78, 5) is 15.2. The van der Waals surface area contributed by atoms with Gasteiger partial charge in [-0.15, -0.1) is 11.3 Å². The highest BCUT2D eigenvalue weighted by atomic mass is 32.1. The maximum Gasteiger partial charge on any atom is 0.422 e. The number of hydrogen-bond donors (Lipinski definition) is 0. The largest absolute Gasteiger partial charge is 0.493 e. The van der Waals surface area contributed by atoms with Gasteiger partial charge in [-0.05, 0) is 48.1 Å². The van der Waals surface area contributed by atoms with Crippen molar-refractivity contribution in [1.29, 1.82) is 0 Å². The fourth-order valence-electron chi connectivity index (χ4n) is 2.46. The van der Waals surface area contributed by atoms with E-state index in [1.807, 2.05) is 18.4 Å². The number of rotatable bonds is 8. The molecule has 0 unspecified atom stereocenters. The summed E-state index contributed by atoms with van der Waals surface area (Å²) in [6.07, 6.45) is -3.66. The Balaban J connectivity index is 1.92. The van der Waals surface area contributed by atoms with Gasteiger partial charge in [0.2, 0.25) is 5.91 Å². The van der Waals surface area contributed by atoms with E-state index in [0.717, 1.165) is 10.4 Å². The molecule has 4 nitrogen and oxygen atoms in total. The fraction of sp³-hybridized carbons (Fsp3) is 0.421. The quantitative estimate of drug-likeness (QED) is 0.649. The highest BCUT2D eigenvalue weighted by molar-refractivity contribution is 7.10. The molecule has 0 fully saturated rings. The van der Waals surface area contributed by atoms with Crippen molar-refractivity contribution in [3.05, 3.63) is 45.6 Å². The minimum atomic E-state index is -4.42. The van der Waals surface area contributed by atoms with Crippen LogP contribution in [0.4, 0.5) is 13.2 Å². The average molecular weight is 401 g/mol. The second-order valence-electron chi connectivity index (χ2n) is 6.17. The predicted molar refractivity (Wildman–Crippen MR) is 98.4 cm³/mol. The van der Waals surface area contributed by atoms with Gasteiger partial charge >= 0.3 is 6.18 Å². The van der Waals surface area contributed by atoms with E-state index in [0.29, 0.717) is 19.4 Å². The average Bonchev–Trinajstić information content (AvgIpc) is 3.02. The second kappa shape index (κ2) is 9.12. The molecule has 0 spiro atoms. The minimum Gasteiger partial charge on any atom is -0.493 e. The number of carbonyl (C=O) groups excluding carboxylic acids is 1. The Morgan fingerprint density at radius 1 is 1.22 bits per heavy atom. The number of hydrogen-bond acceptors (Lipinski definition) is 4. The molecule has 0 saturated heterocycles. The summed E-state index contributed by atoms with van der Waals surface area (Å²) in [5.41, 5.74) is 1.96. The van der Waals surface area contributed by atoms with Crippen LogP contribution < -0.4 is 9.47 Å². The molecule has 0 N–H and O–H groups in total. The summed E-state index contributed by atoms with van der Waals surface area (Å²) in [6, 6.07) is 6.70. The number of ether oxygens (including phenoxy) is 2. The van der Waals surface area contributed by atoms with Crippen LogP contribution in [0.1, 0.15) is 22.4 Å². The van der Waals surface area contributed by atoms with Crippen LogP contribution in [0, 0.1) is 6.92 Å². The smallest absolute Gasteiger partial charge is 0.422 e. The van der Waals surface area contributed by atoms with E-state index < -0.39 is 12.8 Å². The van der Waals surface area contributed by atoms with Crippen molar-refractivity contribution < 1.29 is 27.4 Å². The van der Waals surface area contributed by atoms with Crippen LogP contribution in [0.25, 0.3) is 0 Å². The number of amides is 1. The van der Waals surface area contributed by atoms with Gasteiger partial charge in [0.15, 0.2) is 18.1 Å². The number of nitrogens with zero attached hydrogens (tertiary/aromatic N) is 1. The van der Waals surface area contributed by atoms with E-state index in [1.54, 1.807) is 35.4 Å². The van der Waals surface area contributed by atoms with Gasteiger partial charge in [-0.1, -0.05) is 6.07 Å². The van der Waals surface area contributed by atoms with Gasteiger partial charge in [0.05, 0.1) is 13.7 Å². The maximum atomic E-state index is 12.3. The Bertz CT molecular complexity index is 774. The van der Waals surface area contributed by atoms with Crippen LogP contribution in [0.15, 0.2) is 29.6 Å². The zero-order valence-electron chi connectivity index (χ0n) is 15.4. The van der Waals surface area contributed by atoms with Crippen molar-refractivity contribution in [1.82, 2.24) is 4.90 Å². The molecular formula is C19H22F3NO3S. The Morgan fingerprint density at radius 2 is 1.96 bits per heavy atom. The monoisotopic (exact) mass is 401 g/mol. The van der Waals surface area contributed by atoms with Crippen LogP contribution in [0.3, 0.4) is 0 Å². The van der Waals surface area contributed by atoms with E-state index in [2.05, 4.69) is 0 Å². The lowest BCUT2D eigenvalue weighted by Gasteiger charge is -2.17. The molecule has 27 heavy (non-hydrogen) atoms. The number of halogens is 3. The molecule has 0 aliphatic heterocycles. The molecule has 8 heteroatoms. The first kappa shape index (κ1) is 21.1. The van der Waals surface area contributed by atoms with E-state index in [4.69, 9.17) is 9.47 Å². The van der Waals surface area contributed by atoms with Crippen molar-refractivity contribution in [3.8, 4) is 11.5 Å². The number of alkyl halides is 3. The van der Waals surface area contributed by atoms with Crippen molar-refractivity contribution >= 4 is 17.2 Å². The summed E-state index contributed by atoms with van der Waals surface area (Å²) >= 11 is 1.62. The standard InChI is InChI=1S/C19H22F3NO3S/c1-13-8-9-27-17(13)11-23(2)18(24)7-5-14-4-6-15(16(10-14)25-3)26-12-19(20,21)22/h4,6,8-10H,5,7,11-12H2,1-3H3. The van der Waals surface area contributed by atoms with E-state index in [9.17, 15) is 18.0 Å². The van der Waals surface area contributed by atoms with Crippen molar-refractivity contribution in [2.24, 2.45) is 0 Å². The molecule has 148 valence electrons. The molecule has 1 aromatic heterocycles. The first-order valence-corrected chi connectivity index (χ1v) is 9.21. The normalized spacial score (nSPS) is 11.3. The summed E-state index contributed by atoms with van der Waals surface area (Å²) in [7, 11) is 3.12. The number of carbonyl (C=O) groups is 1. The van der Waals surface area contributed by atoms with Gasteiger partial charge in [0.25, 0.3) is 0 Å². The van der Waals surface area contributed by atoms with Crippen LogP contribution in [0.2, 0.25) is 0 Å². The summed E-state index contributed by atoms with van der Waals surface area (Å²) in [6.45, 7) is 1.20. The Hall–Kier alpha value is -2.22. The molecule has 0 aliphatic rings. The zero-order valence-corrected chi connectivity index (χ0v) is 16.2. The molecule has 0 radical (unpaired) electrons. The predicted octanol–water partition coefficient (Wildman–Crippen LogP) is 4.60. The first-order valence-electron chi connectivity index (χ1n) is 8.33. The topological polar surface area (TPSA) is 38.8 Å². The van der Waals surface area contributed by atoms with Crippen molar-refractivity contribution in [2.45, 2.75) is 32.5 Å². The lowest BCUT2D eigenvalue weighted by Crippen LogP contribution is -2.26. The molecule has 1 aromatic carbocycles. The lowest BCUT2D eigenvalue weighted by molar-refractivity contribution is -0.153. The summed E-state index contributed by atoms with van der Waals surface area (Å²) in [5, 5.41) is 2.00. The van der Waals surface area contributed by atoms with Gasteiger partial charge in [0.1, 0.15) is 0 Å². The maximum absolute atomic E-state index is 12.3. The van der Waals surface area contributed by atoms with Gasteiger partial charge in [-0.3, -0.25) is 4.79 Å². The number of aryl methyl sites for hydroxylation is 2. The van der Waals surface area contributed by atoms with Gasteiger partial charge in [-0.2, -0.15) is 13.2 Å². The van der Waals surface area contributed by atoms with Crippen LogP contribution in [-0.2, 0) is 17.8 Å². The van der Waals surface area contributed by atoms with Crippen LogP contribution in [-0.4, -0.2) is 37.7 Å². The Kier molecular flexibility index (Phi) is 7.12. The molecule has 1 heterocycles. The fourth-order valence-corrected chi connectivity index (χ4v) is 3.42. The van der Waals surface area contributed by atoms with Crippen molar-refractivity contribution in [2.75, 3.05) is 20.8 Å². The second-order valence-corrected chi connectivity index (χ2v) is 7.17. The molecule has 0 atom stereocenters. The van der Waals surface area contributed by atoms with E-state index in [1.165, 1.54) is 18.7 Å². The Morgan fingerprint density at radius 3 is 2.56 bits per heavy atom. The first-order chi connectivity index (χ1) is 12.7. The lowest BCUT2D eigenvalue weighted by atomic mass is 10.1. The molecule has 2 rings (SSSR count). The molecule has 0 aliphatic carbocycles. The molecule has 0 saturated carbocycles. The SMILES string of the molecule is COc1cc(CCC(=O)N(C)Cc2sccc2C)ccc1OCC(F)(F)F. The van der Waals surface area contributed by atoms with Gasteiger partial charge < -0.3 is 14.4 Å². The minimum absolute atomic E-state index is 0.000773. The van der Waals surface area contributed by atoms with Crippen LogP contribution in [0.5, 0.6) is 11.5 Å². The van der Waals surface area contributed by atoms with E-state index in [-0.39, 0.29) is 17.4 Å². The third-order valence-electron chi connectivity index (χ3n) is 4.02. The highest BCUT2D eigenvalue weighted by Crippen LogP contribution is 2.30. The van der Waals surface area contributed by atoms with E-state index >= 15 is 0 Å². The van der Waals surface area contributed by atoms with Crippen molar-refractivity contribution in [3.63, 3.8) is 0 Å². The number of benzene rings is 1. The summed E-state index contributed by atoms with van der Waals surface area (Å²) < 4.78 is 46.7. The van der Waals surface area contributed by atoms with Gasteiger partial charge in [-0.25, -0.2) is 0 Å². The molecular weight excluding hydrogens is 379 g/mol. The zero-order chi connectivity index (χ0) is 20.0. The highest BCUT2D eigenvalue weighted by Gasteiger charge is 2.29. The molecule has 2 aromatic rings. The third kappa shape index (κ3) is 6.46. The van der Waals surface area contributed by atoms with Crippen LogP contribution >= 0.6 is 11.3 Å². The molecule has 0 bridgehead atoms. The number of thiophene rings is 1. The number of methoxy groups -OCH3 is 1.